The van der Waals surface area contributed by atoms with Crippen LogP contribution in [-0.2, 0) is 13.1 Å². The second-order valence-corrected chi connectivity index (χ2v) is 5.67. The van der Waals surface area contributed by atoms with Gasteiger partial charge in [0, 0.05) is 23.3 Å². The first-order valence-corrected chi connectivity index (χ1v) is 7.08. The molecule has 0 amide bonds. The molecule has 0 aliphatic carbocycles. The highest BCUT2D eigenvalue weighted by atomic mass is 35.5. The molecule has 0 saturated carbocycles. The molecule has 108 valence electrons. The topological polar surface area (TPSA) is 29.9 Å². The van der Waals surface area contributed by atoms with Crippen molar-refractivity contribution in [1.29, 1.82) is 0 Å². The minimum Gasteiger partial charge on any atom is -0.333 e. The van der Waals surface area contributed by atoms with Crippen LogP contribution >= 0.6 is 11.6 Å². The van der Waals surface area contributed by atoms with Gasteiger partial charge in [0.15, 0.2) is 0 Å². The van der Waals surface area contributed by atoms with E-state index in [4.69, 9.17) is 11.6 Å². The van der Waals surface area contributed by atoms with E-state index in [0.29, 0.717) is 23.0 Å². The van der Waals surface area contributed by atoms with Crippen LogP contribution in [0.4, 0.5) is 4.39 Å². The van der Waals surface area contributed by atoms with Crippen molar-refractivity contribution in [3.63, 3.8) is 0 Å². The van der Waals surface area contributed by atoms with Crippen molar-refractivity contribution in [2.75, 3.05) is 6.54 Å². The van der Waals surface area contributed by atoms with Gasteiger partial charge in [0.25, 0.3) is 0 Å². The van der Waals surface area contributed by atoms with Gasteiger partial charge in [-0.3, -0.25) is 0 Å². The predicted octanol–water partition coefficient (Wildman–Crippen LogP) is 3.47. The molecule has 0 saturated heterocycles. The van der Waals surface area contributed by atoms with Gasteiger partial charge < -0.3 is 9.88 Å². The van der Waals surface area contributed by atoms with Crippen LogP contribution in [0.3, 0.4) is 0 Å². The van der Waals surface area contributed by atoms with Gasteiger partial charge in [0.2, 0.25) is 0 Å². The lowest BCUT2D eigenvalue weighted by atomic mass is 10.2. The lowest BCUT2D eigenvalue weighted by molar-refractivity contribution is 0.548. The van der Waals surface area contributed by atoms with E-state index in [9.17, 15) is 4.39 Å². The van der Waals surface area contributed by atoms with Gasteiger partial charge in [-0.1, -0.05) is 31.5 Å². The summed E-state index contributed by atoms with van der Waals surface area (Å²) in [6.45, 7) is 6.38. The van der Waals surface area contributed by atoms with Crippen LogP contribution in [0.25, 0.3) is 0 Å². The molecule has 0 radical (unpaired) electrons. The summed E-state index contributed by atoms with van der Waals surface area (Å²) in [4.78, 5) is 4.30. The average Bonchev–Trinajstić information content (AvgIpc) is 2.81. The number of imidazole rings is 1. The van der Waals surface area contributed by atoms with Crippen LogP contribution in [0.2, 0.25) is 5.02 Å². The van der Waals surface area contributed by atoms with E-state index in [1.165, 1.54) is 6.07 Å². The van der Waals surface area contributed by atoms with Crippen molar-refractivity contribution in [3.8, 4) is 0 Å². The molecule has 1 aromatic carbocycles. The Morgan fingerprint density at radius 1 is 1.40 bits per heavy atom. The van der Waals surface area contributed by atoms with E-state index < -0.39 is 0 Å². The smallest absolute Gasteiger partial charge is 0.129 e. The number of nitrogens with zero attached hydrogens (tertiary/aromatic N) is 2. The van der Waals surface area contributed by atoms with E-state index in [1.807, 2.05) is 10.8 Å². The van der Waals surface area contributed by atoms with Crippen LogP contribution in [0.15, 0.2) is 30.7 Å². The third-order valence-electron chi connectivity index (χ3n) is 2.95. The number of hydrogen-bond acceptors (Lipinski definition) is 2. The Balaban J connectivity index is 1.99. The summed E-state index contributed by atoms with van der Waals surface area (Å²) in [5.41, 5.74) is 1.44. The van der Waals surface area contributed by atoms with Crippen molar-refractivity contribution in [2.24, 2.45) is 5.92 Å². The zero-order valence-corrected chi connectivity index (χ0v) is 12.5. The first-order valence-electron chi connectivity index (χ1n) is 6.70. The van der Waals surface area contributed by atoms with E-state index in [-0.39, 0.29) is 5.82 Å². The molecule has 0 bridgehead atoms. The van der Waals surface area contributed by atoms with Gasteiger partial charge >= 0.3 is 0 Å². The molecular weight excluding hydrogens is 277 g/mol. The average molecular weight is 296 g/mol. The summed E-state index contributed by atoms with van der Waals surface area (Å²) in [5, 5.41) is 3.77. The number of benzene rings is 1. The first-order chi connectivity index (χ1) is 9.56. The van der Waals surface area contributed by atoms with Crippen molar-refractivity contribution >= 4 is 11.6 Å². The maximum absolute atomic E-state index is 13.7. The molecule has 0 spiro atoms. The molecule has 5 heteroatoms. The molecule has 0 atom stereocenters. The molecule has 2 rings (SSSR count). The van der Waals surface area contributed by atoms with Crippen LogP contribution in [0, 0.1) is 11.7 Å². The van der Waals surface area contributed by atoms with E-state index in [2.05, 4.69) is 24.1 Å². The predicted molar refractivity (Wildman–Crippen MR) is 79.3 cm³/mol. The zero-order chi connectivity index (χ0) is 14.5. The SMILES string of the molecule is CC(C)CNCc1cn(Cc2c(F)cccc2Cl)cn1. The summed E-state index contributed by atoms with van der Waals surface area (Å²) in [7, 11) is 0. The van der Waals surface area contributed by atoms with Crippen molar-refractivity contribution < 1.29 is 4.39 Å². The van der Waals surface area contributed by atoms with Crippen LogP contribution in [0.1, 0.15) is 25.1 Å². The second-order valence-electron chi connectivity index (χ2n) is 5.26. The molecule has 0 aliphatic rings. The molecule has 20 heavy (non-hydrogen) atoms. The zero-order valence-electron chi connectivity index (χ0n) is 11.7. The van der Waals surface area contributed by atoms with Crippen molar-refractivity contribution in [1.82, 2.24) is 14.9 Å². The molecule has 1 N–H and O–H groups in total. The third kappa shape index (κ3) is 4.05. The number of nitrogens with one attached hydrogen (secondary N) is 1. The molecule has 1 aromatic heterocycles. The molecular formula is C15H19ClFN3. The highest BCUT2D eigenvalue weighted by Crippen LogP contribution is 2.20. The number of hydrogen-bond donors (Lipinski definition) is 1. The van der Waals surface area contributed by atoms with Gasteiger partial charge in [-0.15, -0.1) is 0 Å². The highest BCUT2D eigenvalue weighted by Gasteiger charge is 2.08. The molecule has 1 heterocycles. The summed E-state index contributed by atoms with van der Waals surface area (Å²) in [6, 6.07) is 4.72. The Hall–Kier alpha value is -1.39. The number of halogens is 2. The lowest BCUT2D eigenvalue weighted by Crippen LogP contribution is -2.19. The molecule has 3 nitrogen and oxygen atoms in total. The van der Waals surface area contributed by atoms with Gasteiger partial charge in [-0.2, -0.15) is 0 Å². The monoisotopic (exact) mass is 295 g/mol. The molecule has 2 aromatic rings. The van der Waals surface area contributed by atoms with E-state index in [0.717, 1.165) is 18.8 Å². The summed E-state index contributed by atoms with van der Waals surface area (Å²) >= 11 is 6.02. The normalized spacial score (nSPS) is 11.2. The van der Waals surface area contributed by atoms with Crippen LogP contribution < -0.4 is 5.32 Å². The Morgan fingerprint density at radius 3 is 2.90 bits per heavy atom. The Labute approximate surface area is 123 Å². The van der Waals surface area contributed by atoms with E-state index >= 15 is 0 Å². The second kappa shape index (κ2) is 6.86. The maximum Gasteiger partial charge on any atom is 0.129 e. The summed E-state index contributed by atoms with van der Waals surface area (Å²) < 4.78 is 15.5. The third-order valence-corrected chi connectivity index (χ3v) is 3.30. The van der Waals surface area contributed by atoms with Gasteiger partial charge in [0.05, 0.1) is 18.6 Å². The minimum absolute atomic E-state index is 0.286. The minimum atomic E-state index is -0.286. The van der Waals surface area contributed by atoms with Gasteiger partial charge in [-0.25, -0.2) is 9.37 Å². The van der Waals surface area contributed by atoms with E-state index in [1.54, 1.807) is 18.5 Å². The fourth-order valence-corrected chi connectivity index (χ4v) is 2.16. The maximum atomic E-state index is 13.7. The highest BCUT2D eigenvalue weighted by molar-refractivity contribution is 6.31. The Kier molecular flexibility index (Phi) is 5.15. The first kappa shape index (κ1) is 15.0. The van der Waals surface area contributed by atoms with Crippen molar-refractivity contribution in [2.45, 2.75) is 26.9 Å². The summed E-state index contributed by atoms with van der Waals surface area (Å²) in [6.07, 6.45) is 3.62. The lowest BCUT2D eigenvalue weighted by Gasteiger charge is -2.06. The Bertz CT molecular complexity index is 546. The van der Waals surface area contributed by atoms with Gasteiger partial charge in [-0.05, 0) is 24.6 Å². The van der Waals surface area contributed by atoms with Crippen LogP contribution in [-0.4, -0.2) is 16.1 Å². The Morgan fingerprint density at radius 2 is 2.20 bits per heavy atom. The molecule has 0 fully saturated rings. The fraction of sp³-hybridized carbons (Fsp3) is 0.400. The largest absolute Gasteiger partial charge is 0.333 e. The quantitative estimate of drug-likeness (QED) is 0.884. The number of rotatable bonds is 6. The van der Waals surface area contributed by atoms with Crippen LogP contribution in [0.5, 0.6) is 0 Å². The molecule has 0 aliphatic heterocycles. The fourth-order valence-electron chi connectivity index (χ4n) is 1.94. The summed E-state index contributed by atoms with van der Waals surface area (Å²) in [5.74, 6) is 0.319. The molecule has 0 unspecified atom stereocenters. The van der Waals surface area contributed by atoms with Crippen molar-refractivity contribution in [3.05, 3.63) is 52.8 Å². The standard InChI is InChI=1S/C15H19ClFN3/c1-11(2)6-18-7-12-8-20(10-19-12)9-13-14(16)4-3-5-15(13)17/h3-5,8,10-11,18H,6-7,9H2,1-2H3. The van der Waals surface area contributed by atoms with Gasteiger partial charge in [0.1, 0.15) is 5.82 Å². The number of aromatic nitrogens is 2.